The maximum atomic E-state index is 2.53. The van der Waals surface area contributed by atoms with Gasteiger partial charge in [-0.3, -0.25) is 0 Å². The molecule has 5 atom stereocenters. The molecule has 0 saturated heterocycles. The topological polar surface area (TPSA) is 0 Å². The largest absolute Gasteiger partial charge is 0.0789 e. The molecule has 0 heterocycles. The van der Waals surface area contributed by atoms with Gasteiger partial charge in [0.25, 0.3) is 0 Å². The Balaban J connectivity index is 1.02. The smallest absolute Gasteiger partial charge is 0.0538 e. The molecule has 6 aromatic carbocycles. The molecule has 5 aliphatic rings. The molecule has 248 valence electrons. The lowest BCUT2D eigenvalue weighted by atomic mass is 9.65. The summed E-state index contributed by atoms with van der Waals surface area (Å²) in [4.78, 5) is 0. The van der Waals surface area contributed by atoms with Crippen molar-refractivity contribution in [1.29, 1.82) is 0 Å². The van der Waals surface area contributed by atoms with Crippen LogP contribution in [0.2, 0.25) is 0 Å². The van der Waals surface area contributed by atoms with E-state index in [1.54, 1.807) is 0 Å². The molecule has 1 saturated carbocycles. The minimum atomic E-state index is -0.209. The molecule has 0 amide bonds. The van der Waals surface area contributed by atoms with Crippen molar-refractivity contribution < 1.29 is 0 Å². The zero-order valence-electron chi connectivity index (χ0n) is 29.7. The summed E-state index contributed by atoms with van der Waals surface area (Å²) in [5.41, 5.74) is 20.5. The van der Waals surface area contributed by atoms with Crippen molar-refractivity contribution in [2.75, 3.05) is 0 Å². The maximum absolute atomic E-state index is 2.53. The predicted molar refractivity (Wildman–Crippen MR) is 216 cm³/mol. The number of fused-ring (bicyclic) bond motifs is 11. The van der Waals surface area contributed by atoms with E-state index >= 15 is 0 Å². The normalized spacial score (nSPS) is 25.5. The van der Waals surface area contributed by atoms with Gasteiger partial charge in [0.15, 0.2) is 0 Å². The van der Waals surface area contributed by atoms with E-state index in [1.165, 1.54) is 83.5 Å². The van der Waals surface area contributed by atoms with Crippen molar-refractivity contribution in [3.63, 3.8) is 0 Å². The summed E-state index contributed by atoms with van der Waals surface area (Å²) in [6, 6.07) is 53.6. The van der Waals surface area contributed by atoms with Crippen molar-refractivity contribution in [3.8, 4) is 22.3 Å². The average Bonchev–Trinajstić information content (AvgIpc) is 3.81. The van der Waals surface area contributed by atoms with Gasteiger partial charge in [0, 0.05) is 17.3 Å². The molecule has 0 aliphatic heterocycles. The van der Waals surface area contributed by atoms with E-state index in [0.717, 1.165) is 6.42 Å². The summed E-state index contributed by atoms with van der Waals surface area (Å²) in [5.74, 6) is 1.18. The maximum Gasteiger partial charge on any atom is 0.0538 e. The Kier molecular flexibility index (Phi) is 6.28. The van der Waals surface area contributed by atoms with Gasteiger partial charge in [-0.05, 0) is 105 Å². The Morgan fingerprint density at radius 2 is 1.15 bits per heavy atom. The Bertz CT molecular complexity index is 2550. The number of allylic oxidation sites excluding steroid dienone is 8. The van der Waals surface area contributed by atoms with Crippen LogP contribution in [0.1, 0.15) is 62.4 Å². The standard InChI is InChI=1S/C52H40/c1-33-15-19-36(20-16-33)40-29-30-45(37-21-17-34(2)18-22-37)51(32-50(40)51)39-26-23-35(24-27-39)38-25-28-44-43-11-5-8-14-48(43)52(49(44)31-38)46-12-6-3-9-41(46)42-10-4-7-13-47(42)52/h3-31,41,46,50H,32H2,1-2H3. The number of hydrogen-bond acceptors (Lipinski definition) is 0. The molecule has 5 aliphatic carbocycles. The van der Waals surface area contributed by atoms with E-state index in [-0.39, 0.29) is 10.8 Å². The average molecular weight is 665 g/mol. The minimum absolute atomic E-state index is 0.0181. The van der Waals surface area contributed by atoms with Crippen molar-refractivity contribution in [2.45, 2.75) is 37.0 Å². The Labute approximate surface area is 307 Å². The molecular weight excluding hydrogens is 625 g/mol. The summed E-state index contributed by atoms with van der Waals surface area (Å²) >= 11 is 0. The zero-order valence-corrected chi connectivity index (χ0v) is 29.7. The molecule has 5 unspecified atom stereocenters. The summed E-state index contributed by atoms with van der Waals surface area (Å²) < 4.78 is 0. The van der Waals surface area contributed by atoms with E-state index in [1.807, 2.05) is 0 Å². The summed E-state index contributed by atoms with van der Waals surface area (Å²) in [7, 11) is 0. The highest BCUT2D eigenvalue weighted by atomic mass is 14.6. The molecule has 52 heavy (non-hydrogen) atoms. The number of hydrogen-bond donors (Lipinski definition) is 0. The molecule has 0 N–H and O–H groups in total. The molecule has 0 radical (unpaired) electrons. The highest BCUT2D eigenvalue weighted by Gasteiger charge is 2.60. The second kappa shape index (κ2) is 10.9. The first-order chi connectivity index (χ1) is 25.6. The summed E-state index contributed by atoms with van der Waals surface area (Å²) in [6.07, 6.45) is 15.4. The quantitative estimate of drug-likeness (QED) is 0.176. The van der Waals surface area contributed by atoms with Crippen molar-refractivity contribution in [3.05, 3.63) is 226 Å². The lowest BCUT2D eigenvalue weighted by Crippen LogP contribution is -2.32. The van der Waals surface area contributed by atoms with Crippen LogP contribution in [0.25, 0.3) is 33.4 Å². The van der Waals surface area contributed by atoms with Crippen LogP contribution in [0, 0.1) is 25.7 Å². The fraction of sp³-hybridized carbons (Fsp3) is 0.154. The van der Waals surface area contributed by atoms with Crippen LogP contribution in [-0.4, -0.2) is 0 Å². The van der Waals surface area contributed by atoms with Gasteiger partial charge in [-0.2, -0.15) is 0 Å². The van der Waals surface area contributed by atoms with Gasteiger partial charge in [0.1, 0.15) is 0 Å². The molecule has 0 nitrogen and oxygen atoms in total. The van der Waals surface area contributed by atoms with E-state index in [0.29, 0.717) is 17.8 Å². The Morgan fingerprint density at radius 1 is 0.519 bits per heavy atom. The van der Waals surface area contributed by atoms with Gasteiger partial charge < -0.3 is 0 Å². The predicted octanol–water partition coefficient (Wildman–Crippen LogP) is 12.6. The molecule has 6 aromatic rings. The molecule has 0 bridgehead atoms. The second-order valence-electron chi connectivity index (χ2n) is 15.8. The van der Waals surface area contributed by atoms with Gasteiger partial charge in [0.05, 0.1) is 5.41 Å². The van der Waals surface area contributed by atoms with Gasteiger partial charge >= 0.3 is 0 Å². The van der Waals surface area contributed by atoms with E-state index in [4.69, 9.17) is 0 Å². The third-order valence-electron chi connectivity index (χ3n) is 13.2. The Hall–Kier alpha value is -5.72. The minimum Gasteiger partial charge on any atom is -0.0789 e. The van der Waals surface area contributed by atoms with Crippen LogP contribution in [0.4, 0.5) is 0 Å². The first-order valence-corrected chi connectivity index (χ1v) is 18.9. The van der Waals surface area contributed by atoms with Crippen LogP contribution >= 0.6 is 0 Å². The first kappa shape index (κ1) is 30.0. The van der Waals surface area contributed by atoms with Crippen LogP contribution < -0.4 is 0 Å². The SMILES string of the molecule is Cc1ccc(C2=CC=C(c3ccc(C)cc3)C3(c4ccc(-c5ccc6c(c5)C5(c7ccccc7-6)c6ccccc6C6C=CC=CC65)cc4)CC23)cc1. The third kappa shape index (κ3) is 3.98. The van der Waals surface area contributed by atoms with Crippen LogP contribution in [-0.2, 0) is 10.8 Å². The monoisotopic (exact) mass is 664 g/mol. The van der Waals surface area contributed by atoms with Crippen molar-refractivity contribution >= 4 is 11.1 Å². The third-order valence-corrected chi connectivity index (χ3v) is 13.2. The molecular formula is C52H40. The molecule has 1 fully saturated rings. The highest BCUT2D eigenvalue weighted by molar-refractivity contribution is 5.92. The van der Waals surface area contributed by atoms with Gasteiger partial charge in [0.2, 0.25) is 0 Å². The number of benzene rings is 6. The van der Waals surface area contributed by atoms with Gasteiger partial charge in [-0.15, -0.1) is 0 Å². The van der Waals surface area contributed by atoms with E-state index in [9.17, 15) is 0 Å². The fourth-order valence-corrected chi connectivity index (χ4v) is 10.7. The van der Waals surface area contributed by atoms with E-state index < -0.39 is 0 Å². The number of aryl methyl sites for hydroxylation is 2. The summed E-state index contributed by atoms with van der Waals surface area (Å²) in [5, 5.41) is 0. The second-order valence-corrected chi connectivity index (χ2v) is 15.8. The lowest BCUT2D eigenvalue weighted by Gasteiger charge is -2.36. The molecule has 0 heteroatoms. The number of rotatable bonds is 4. The Morgan fingerprint density at radius 3 is 1.94 bits per heavy atom. The first-order valence-electron chi connectivity index (χ1n) is 18.9. The van der Waals surface area contributed by atoms with Crippen LogP contribution in [0.3, 0.4) is 0 Å². The van der Waals surface area contributed by atoms with Crippen molar-refractivity contribution in [1.82, 2.24) is 0 Å². The van der Waals surface area contributed by atoms with Gasteiger partial charge in [-0.1, -0.05) is 181 Å². The fourth-order valence-electron chi connectivity index (χ4n) is 10.7. The molecule has 11 rings (SSSR count). The lowest BCUT2D eigenvalue weighted by molar-refractivity contribution is 0.465. The molecule has 0 aromatic heterocycles. The van der Waals surface area contributed by atoms with Crippen LogP contribution in [0.15, 0.2) is 176 Å². The van der Waals surface area contributed by atoms with Crippen molar-refractivity contribution in [2.24, 2.45) is 11.8 Å². The van der Waals surface area contributed by atoms with Crippen LogP contribution in [0.5, 0.6) is 0 Å². The zero-order chi connectivity index (χ0) is 34.6. The summed E-state index contributed by atoms with van der Waals surface area (Å²) in [6.45, 7) is 4.35. The highest BCUT2D eigenvalue weighted by Crippen LogP contribution is 2.69. The van der Waals surface area contributed by atoms with E-state index in [2.05, 4.69) is 190 Å². The molecule has 1 spiro atoms. The van der Waals surface area contributed by atoms with Gasteiger partial charge in [-0.25, -0.2) is 0 Å².